The molecular formula is C19H26ClN5O. The van der Waals surface area contributed by atoms with Crippen LogP contribution in [0.3, 0.4) is 0 Å². The van der Waals surface area contributed by atoms with E-state index in [0.29, 0.717) is 19.5 Å². The smallest absolute Gasteiger partial charge is 0.224 e. The Morgan fingerprint density at radius 1 is 1.27 bits per heavy atom. The maximum Gasteiger partial charge on any atom is 0.224 e. The molecular weight excluding hydrogens is 350 g/mol. The summed E-state index contributed by atoms with van der Waals surface area (Å²) in [4.78, 5) is 20.1. The molecule has 7 heteroatoms. The molecule has 0 radical (unpaired) electrons. The van der Waals surface area contributed by atoms with E-state index in [4.69, 9.17) is 0 Å². The first-order valence-electron chi connectivity index (χ1n) is 8.73. The van der Waals surface area contributed by atoms with Gasteiger partial charge in [0.15, 0.2) is 0 Å². The third-order valence-electron chi connectivity index (χ3n) is 4.57. The topological polar surface area (TPSA) is 75.6 Å². The number of fused-ring (bicyclic) bond motifs is 1. The van der Waals surface area contributed by atoms with Gasteiger partial charge in [-0.05, 0) is 38.3 Å². The summed E-state index contributed by atoms with van der Waals surface area (Å²) in [5.74, 6) is 1.65. The predicted molar refractivity (Wildman–Crippen MR) is 106 cm³/mol. The number of amides is 1. The summed E-state index contributed by atoms with van der Waals surface area (Å²) in [6.07, 6.45) is 1.36. The van der Waals surface area contributed by atoms with Crippen molar-refractivity contribution in [3.05, 3.63) is 46.7 Å². The lowest BCUT2D eigenvalue weighted by Gasteiger charge is -2.07. The average molecular weight is 376 g/mol. The number of rotatable bonds is 6. The minimum absolute atomic E-state index is 0. The highest BCUT2D eigenvalue weighted by atomic mass is 35.5. The molecule has 0 fully saturated rings. The van der Waals surface area contributed by atoms with Crippen LogP contribution in [0.1, 0.15) is 35.4 Å². The van der Waals surface area contributed by atoms with E-state index in [1.807, 2.05) is 25.5 Å². The molecule has 3 rings (SSSR count). The number of H-pyrrole nitrogens is 1. The number of nitrogens with zero attached hydrogens (tertiary/aromatic N) is 3. The molecule has 0 bridgehead atoms. The van der Waals surface area contributed by atoms with E-state index in [1.165, 1.54) is 5.56 Å². The summed E-state index contributed by atoms with van der Waals surface area (Å²) in [5, 5.41) is 8.44. The van der Waals surface area contributed by atoms with Crippen LogP contribution in [0.25, 0.3) is 10.9 Å². The third-order valence-corrected chi connectivity index (χ3v) is 4.57. The molecule has 2 aromatic heterocycles. The number of carbonyl (C=O) groups excluding carboxylic acids is 1. The number of para-hydroxylation sites is 1. The first-order valence-corrected chi connectivity index (χ1v) is 8.73. The number of halogens is 1. The van der Waals surface area contributed by atoms with Gasteiger partial charge < -0.3 is 10.3 Å². The van der Waals surface area contributed by atoms with Crippen molar-refractivity contribution in [2.24, 2.45) is 0 Å². The van der Waals surface area contributed by atoms with Gasteiger partial charge in [-0.3, -0.25) is 4.79 Å². The second-order valence-corrected chi connectivity index (χ2v) is 6.38. The van der Waals surface area contributed by atoms with E-state index in [0.717, 1.165) is 40.2 Å². The highest BCUT2D eigenvalue weighted by molar-refractivity contribution is 5.91. The van der Waals surface area contributed by atoms with E-state index < -0.39 is 0 Å². The molecule has 1 aromatic carbocycles. The summed E-state index contributed by atoms with van der Waals surface area (Å²) < 4.78 is 1.82. The molecule has 2 heterocycles. The van der Waals surface area contributed by atoms with Crippen LogP contribution >= 0.6 is 12.4 Å². The maximum absolute atomic E-state index is 12.4. The van der Waals surface area contributed by atoms with Crippen molar-refractivity contribution in [2.45, 2.75) is 47.1 Å². The van der Waals surface area contributed by atoms with Crippen LogP contribution in [0.15, 0.2) is 18.2 Å². The zero-order valence-electron chi connectivity index (χ0n) is 15.7. The Labute approximate surface area is 159 Å². The van der Waals surface area contributed by atoms with E-state index in [9.17, 15) is 4.79 Å². The first kappa shape index (κ1) is 20.0. The summed E-state index contributed by atoms with van der Waals surface area (Å²) >= 11 is 0. The first-order chi connectivity index (χ1) is 12.0. The fourth-order valence-corrected chi connectivity index (χ4v) is 3.28. The van der Waals surface area contributed by atoms with Gasteiger partial charge in [0.05, 0.1) is 13.0 Å². The van der Waals surface area contributed by atoms with Crippen molar-refractivity contribution >= 4 is 29.2 Å². The molecule has 0 saturated heterocycles. The molecule has 3 aromatic rings. The summed E-state index contributed by atoms with van der Waals surface area (Å²) in [6, 6.07) is 6.28. The van der Waals surface area contributed by atoms with Gasteiger partial charge in [0.2, 0.25) is 5.91 Å². The Balaban J connectivity index is 0.00000243. The van der Waals surface area contributed by atoms with Crippen molar-refractivity contribution in [1.29, 1.82) is 0 Å². The summed E-state index contributed by atoms with van der Waals surface area (Å²) in [7, 11) is 0. The Kier molecular flexibility index (Phi) is 6.42. The monoisotopic (exact) mass is 375 g/mol. The van der Waals surface area contributed by atoms with Crippen LogP contribution in [0.4, 0.5) is 0 Å². The Morgan fingerprint density at radius 2 is 2.04 bits per heavy atom. The van der Waals surface area contributed by atoms with Gasteiger partial charge in [-0.1, -0.05) is 25.1 Å². The molecule has 0 saturated carbocycles. The van der Waals surface area contributed by atoms with Crippen molar-refractivity contribution in [3.63, 3.8) is 0 Å². The SMILES string of the molecule is CCc1cccc2c(CC(=O)NCCn3nc(C)nc3C)c(C)[nH]c12.Cl. The number of nitrogens with one attached hydrogen (secondary N) is 2. The molecule has 0 aliphatic rings. The largest absolute Gasteiger partial charge is 0.358 e. The Bertz CT molecular complexity index is 912. The second-order valence-electron chi connectivity index (χ2n) is 6.38. The quantitative estimate of drug-likeness (QED) is 0.695. The van der Waals surface area contributed by atoms with E-state index in [1.54, 1.807) is 0 Å². The molecule has 0 spiro atoms. The van der Waals surface area contributed by atoms with E-state index in [-0.39, 0.29) is 18.3 Å². The highest BCUT2D eigenvalue weighted by Gasteiger charge is 2.14. The van der Waals surface area contributed by atoms with Crippen LogP contribution < -0.4 is 5.32 Å². The van der Waals surface area contributed by atoms with Gasteiger partial charge in [-0.25, -0.2) is 9.67 Å². The fourth-order valence-electron chi connectivity index (χ4n) is 3.28. The minimum atomic E-state index is 0. The van der Waals surface area contributed by atoms with Crippen LogP contribution in [0, 0.1) is 20.8 Å². The number of benzene rings is 1. The van der Waals surface area contributed by atoms with E-state index >= 15 is 0 Å². The lowest BCUT2D eigenvalue weighted by atomic mass is 10.0. The lowest BCUT2D eigenvalue weighted by molar-refractivity contribution is -0.120. The number of carbonyl (C=O) groups is 1. The molecule has 6 nitrogen and oxygen atoms in total. The van der Waals surface area contributed by atoms with Gasteiger partial charge in [0.25, 0.3) is 0 Å². The average Bonchev–Trinajstić information content (AvgIpc) is 3.06. The normalized spacial score (nSPS) is 10.8. The molecule has 26 heavy (non-hydrogen) atoms. The van der Waals surface area contributed by atoms with Crippen molar-refractivity contribution in [2.75, 3.05) is 6.54 Å². The molecule has 0 unspecified atom stereocenters. The van der Waals surface area contributed by atoms with Crippen LogP contribution in [0.2, 0.25) is 0 Å². The standard InChI is InChI=1S/C19H25N5O.ClH/c1-5-15-7-6-8-16-17(12(2)21-19(15)16)11-18(25)20-9-10-24-14(4)22-13(3)23-24;/h6-8,21H,5,9-11H2,1-4H3,(H,20,25);1H. The molecule has 1 amide bonds. The lowest BCUT2D eigenvalue weighted by Crippen LogP contribution is -2.29. The molecule has 2 N–H and O–H groups in total. The fraction of sp³-hybridized carbons (Fsp3) is 0.421. The van der Waals surface area contributed by atoms with E-state index in [2.05, 4.69) is 45.5 Å². The van der Waals surface area contributed by atoms with Crippen LogP contribution in [-0.2, 0) is 24.2 Å². The second kappa shape index (κ2) is 8.36. The Hall–Kier alpha value is -2.34. The summed E-state index contributed by atoms with van der Waals surface area (Å²) in [6.45, 7) is 9.14. The molecule has 0 aliphatic carbocycles. The minimum Gasteiger partial charge on any atom is -0.358 e. The van der Waals surface area contributed by atoms with Gasteiger partial charge in [0, 0.05) is 23.1 Å². The van der Waals surface area contributed by atoms with Crippen LogP contribution in [-0.4, -0.2) is 32.2 Å². The number of hydrogen-bond acceptors (Lipinski definition) is 3. The van der Waals surface area contributed by atoms with Gasteiger partial charge >= 0.3 is 0 Å². The number of aromatic amines is 1. The van der Waals surface area contributed by atoms with Crippen molar-refractivity contribution in [1.82, 2.24) is 25.1 Å². The molecule has 140 valence electrons. The van der Waals surface area contributed by atoms with Crippen molar-refractivity contribution < 1.29 is 4.79 Å². The highest BCUT2D eigenvalue weighted by Crippen LogP contribution is 2.25. The van der Waals surface area contributed by atoms with Crippen molar-refractivity contribution in [3.8, 4) is 0 Å². The van der Waals surface area contributed by atoms with Gasteiger partial charge in [0.1, 0.15) is 11.6 Å². The molecule has 0 atom stereocenters. The predicted octanol–water partition coefficient (Wildman–Crippen LogP) is 3.03. The van der Waals surface area contributed by atoms with Gasteiger partial charge in [-0.2, -0.15) is 5.10 Å². The maximum atomic E-state index is 12.4. The van der Waals surface area contributed by atoms with Crippen LogP contribution in [0.5, 0.6) is 0 Å². The zero-order valence-corrected chi connectivity index (χ0v) is 16.5. The third kappa shape index (κ3) is 4.07. The molecule has 0 aliphatic heterocycles. The number of aromatic nitrogens is 4. The summed E-state index contributed by atoms with van der Waals surface area (Å²) in [5.41, 5.74) is 4.58. The zero-order chi connectivity index (χ0) is 18.0. The van der Waals surface area contributed by atoms with Gasteiger partial charge in [-0.15, -0.1) is 12.4 Å². The Morgan fingerprint density at radius 3 is 2.69 bits per heavy atom. The number of hydrogen-bond donors (Lipinski definition) is 2. The number of aryl methyl sites for hydroxylation is 4.